The summed E-state index contributed by atoms with van der Waals surface area (Å²) in [5.41, 5.74) is 7.41. The molecule has 1 N–H and O–H groups in total. The van der Waals surface area contributed by atoms with Crippen molar-refractivity contribution in [3.8, 4) is 11.8 Å². The maximum atomic E-state index is 9.54. The van der Waals surface area contributed by atoms with Crippen molar-refractivity contribution in [2.75, 3.05) is 4.90 Å². The average molecular weight is 513 g/mol. The van der Waals surface area contributed by atoms with Crippen LogP contribution >= 0.6 is 0 Å². The number of fused-ring (bicyclic) bond motifs is 5. The number of nitrogens with one attached hydrogen (secondary N) is 1. The molecule has 0 radical (unpaired) electrons. The molecule has 1 heterocycles. The van der Waals surface area contributed by atoms with Gasteiger partial charge in [0.05, 0.1) is 22.7 Å². The molecule has 188 valence electrons. The molecule has 0 saturated carbocycles. The predicted molar refractivity (Wildman–Crippen MR) is 166 cm³/mol. The van der Waals surface area contributed by atoms with Gasteiger partial charge in [-0.25, -0.2) is 0 Å². The molecule has 0 bridgehead atoms. The lowest BCUT2D eigenvalue weighted by atomic mass is 10.0. The number of aromatic nitrogens is 1. The zero-order valence-corrected chi connectivity index (χ0v) is 21.6. The SMILES string of the molecule is N#Cc1ccc(-n2c3ccc(N(c4ccccc4)c4ccccc4)cc3c3c4ccccc4ccc32)cc1C=N. The Morgan fingerprint density at radius 3 is 2.00 bits per heavy atom. The van der Waals surface area contributed by atoms with Gasteiger partial charge in [0.1, 0.15) is 0 Å². The highest BCUT2D eigenvalue weighted by atomic mass is 15.1. The van der Waals surface area contributed by atoms with E-state index in [0.29, 0.717) is 11.1 Å². The van der Waals surface area contributed by atoms with E-state index in [2.05, 4.69) is 119 Å². The Morgan fingerprint density at radius 1 is 0.625 bits per heavy atom. The first kappa shape index (κ1) is 23.5. The van der Waals surface area contributed by atoms with Gasteiger partial charge in [0, 0.05) is 45.3 Å². The summed E-state index contributed by atoms with van der Waals surface area (Å²) in [4.78, 5) is 2.28. The van der Waals surface area contributed by atoms with E-state index in [0.717, 1.165) is 39.2 Å². The number of benzene rings is 6. The standard InChI is InChI=1S/C36H24N4/c37-23-26-15-17-30(21-27(26)24-38)40-34-20-18-31(39(28-10-3-1-4-11-28)29-12-5-2-6-13-29)22-33(34)36-32-14-8-7-9-25(32)16-19-35(36)40/h1-22,24,38H. The largest absolute Gasteiger partial charge is 0.310 e. The average Bonchev–Trinajstić information content (AvgIpc) is 3.36. The van der Waals surface area contributed by atoms with Crippen LogP contribution in [0.2, 0.25) is 0 Å². The zero-order valence-electron chi connectivity index (χ0n) is 21.6. The summed E-state index contributed by atoms with van der Waals surface area (Å²) < 4.78 is 2.24. The van der Waals surface area contributed by atoms with Crippen LogP contribution in [0.1, 0.15) is 11.1 Å². The van der Waals surface area contributed by atoms with Crippen molar-refractivity contribution in [1.29, 1.82) is 10.7 Å². The number of rotatable bonds is 5. The third-order valence-electron chi connectivity index (χ3n) is 7.49. The fourth-order valence-corrected chi connectivity index (χ4v) is 5.71. The third-order valence-corrected chi connectivity index (χ3v) is 7.49. The van der Waals surface area contributed by atoms with Crippen molar-refractivity contribution < 1.29 is 0 Å². The minimum atomic E-state index is 0.494. The topological polar surface area (TPSA) is 55.8 Å². The molecule has 0 aliphatic heterocycles. The minimum absolute atomic E-state index is 0.494. The molecule has 7 rings (SSSR count). The Bertz CT molecular complexity index is 2040. The molecule has 4 nitrogen and oxygen atoms in total. The van der Waals surface area contributed by atoms with Gasteiger partial charge in [-0.05, 0) is 77.5 Å². The van der Waals surface area contributed by atoms with Crippen LogP contribution in [0.5, 0.6) is 0 Å². The number of hydrogen-bond donors (Lipinski definition) is 1. The van der Waals surface area contributed by atoms with Crippen molar-refractivity contribution in [3.05, 3.63) is 145 Å². The van der Waals surface area contributed by atoms with Crippen LogP contribution in [0, 0.1) is 16.7 Å². The summed E-state index contributed by atoms with van der Waals surface area (Å²) in [7, 11) is 0. The highest BCUT2D eigenvalue weighted by molar-refractivity contribution is 6.22. The second-order valence-corrected chi connectivity index (χ2v) is 9.75. The highest BCUT2D eigenvalue weighted by Crippen LogP contribution is 2.41. The molecular formula is C36H24N4. The van der Waals surface area contributed by atoms with E-state index in [1.807, 2.05) is 24.3 Å². The zero-order chi connectivity index (χ0) is 27.1. The number of nitriles is 1. The predicted octanol–water partition coefficient (Wildman–Crippen LogP) is 9.28. The molecule has 6 aromatic carbocycles. The van der Waals surface area contributed by atoms with Gasteiger partial charge in [-0.1, -0.05) is 66.7 Å². The molecule has 1 aromatic heterocycles. The second-order valence-electron chi connectivity index (χ2n) is 9.75. The molecule has 0 atom stereocenters. The highest BCUT2D eigenvalue weighted by Gasteiger charge is 2.19. The summed E-state index contributed by atoms with van der Waals surface area (Å²) >= 11 is 0. The van der Waals surface area contributed by atoms with Gasteiger partial charge in [0.15, 0.2) is 0 Å². The second kappa shape index (κ2) is 9.58. The van der Waals surface area contributed by atoms with Crippen LogP contribution in [0.15, 0.2) is 133 Å². The maximum Gasteiger partial charge on any atom is 0.0998 e. The Hall–Kier alpha value is -5.66. The molecule has 40 heavy (non-hydrogen) atoms. The molecule has 4 heteroatoms. The summed E-state index contributed by atoms with van der Waals surface area (Å²) in [5, 5.41) is 22.1. The number of para-hydroxylation sites is 2. The van der Waals surface area contributed by atoms with E-state index in [1.54, 1.807) is 6.07 Å². The van der Waals surface area contributed by atoms with Crippen molar-refractivity contribution in [3.63, 3.8) is 0 Å². The Morgan fingerprint density at radius 2 is 1.30 bits per heavy atom. The van der Waals surface area contributed by atoms with Crippen LogP contribution in [0.25, 0.3) is 38.3 Å². The van der Waals surface area contributed by atoms with Crippen molar-refractivity contribution >= 4 is 55.9 Å². The quantitative estimate of drug-likeness (QED) is 0.234. The summed E-state index contributed by atoms with van der Waals surface area (Å²) in [6.45, 7) is 0. The minimum Gasteiger partial charge on any atom is -0.310 e. The normalized spacial score (nSPS) is 11.1. The molecule has 7 aromatic rings. The number of anilines is 3. The molecule has 0 amide bonds. The van der Waals surface area contributed by atoms with E-state index in [4.69, 9.17) is 5.41 Å². The molecule has 0 aliphatic rings. The molecular weight excluding hydrogens is 488 g/mol. The maximum absolute atomic E-state index is 9.54. The van der Waals surface area contributed by atoms with E-state index in [-0.39, 0.29) is 0 Å². The van der Waals surface area contributed by atoms with Gasteiger partial charge in [-0.3, -0.25) is 0 Å². The van der Waals surface area contributed by atoms with Gasteiger partial charge in [0.2, 0.25) is 0 Å². The van der Waals surface area contributed by atoms with Gasteiger partial charge < -0.3 is 14.9 Å². The van der Waals surface area contributed by atoms with Crippen LogP contribution in [0.3, 0.4) is 0 Å². The lowest BCUT2D eigenvalue weighted by molar-refractivity contribution is 1.18. The first-order valence-electron chi connectivity index (χ1n) is 13.2. The Balaban J connectivity index is 1.56. The van der Waals surface area contributed by atoms with Crippen molar-refractivity contribution in [1.82, 2.24) is 4.57 Å². The Kier molecular flexibility index (Phi) is 5.62. The van der Waals surface area contributed by atoms with E-state index in [1.165, 1.54) is 22.4 Å². The van der Waals surface area contributed by atoms with Crippen molar-refractivity contribution in [2.45, 2.75) is 0 Å². The van der Waals surface area contributed by atoms with Crippen LogP contribution in [0.4, 0.5) is 17.1 Å². The molecule has 0 saturated heterocycles. The monoisotopic (exact) mass is 512 g/mol. The summed E-state index contributed by atoms with van der Waals surface area (Å²) in [6.07, 6.45) is 1.25. The molecule has 0 unspecified atom stereocenters. The third kappa shape index (κ3) is 3.73. The lowest BCUT2D eigenvalue weighted by Crippen LogP contribution is -2.09. The van der Waals surface area contributed by atoms with E-state index in [9.17, 15) is 5.26 Å². The Labute approximate surface area is 232 Å². The van der Waals surface area contributed by atoms with Crippen molar-refractivity contribution in [2.24, 2.45) is 0 Å². The number of nitrogens with zero attached hydrogens (tertiary/aromatic N) is 3. The van der Waals surface area contributed by atoms with Gasteiger partial charge in [-0.2, -0.15) is 5.26 Å². The lowest BCUT2D eigenvalue weighted by Gasteiger charge is -2.25. The van der Waals surface area contributed by atoms with Gasteiger partial charge in [-0.15, -0.1) is 0 Å². The molecule has 0 fully saturated rings. The van der Waals surface area contributed by atoms with E-state index >= 15 is 0 Å². The first-order valence-corrected chi connectivity index (χ1v) is 13.2. The van der Waals surface area contributed by atoms with Crippen LogP contribution in [-0.4, -0.2) is 10.8 Å². The fraction of sp³-hybridized carbons (Fsp3) is 0. The first-order chi connectivity index (χ1) is 19.8. The van der Waals surface area contributed by atoms with Gasteiger partial charge in [0.25, 0.3) is 0 Å². The summed E-state index contributed by atoms with van der Waals surface area (Å²) in [5.74, 6) is 0. The number of hydrogen-bond acceptors (Lipinski definition) is 3. The molecule has 0 spiro atoms. The van der Waals surface area contributed by atoms with Crippen LogP contribution in [-0.2, 0) is 0 Å². The fourth-order valence-electron chi connectivity index (χ4n) is 5.71. The molecule has 0 aliphatic carbocycles. The smallest absolute Gasteiger partial charge is 0.0998 e. The van der Waals surface area contributed by atoms with E-state index < -0.39 is 0 Å². The van der Waals surface area contributed by atoms with Gasteiger partial charge >= 0.3 is 0 Å². The van der Waals surface area contributed by atoms with Crippen LogP contribution < -0.4 is 4.90 Å². The summed E-state index contributed by atoms with van der Waals surface area (Å²) in [6, 6.07) is 48.2.